The predicted octanol–water partition coefficient (Wildman–Crippen LogP) is 1.55. The third-order valence-corrected chi connectivity index (χ3v) is 3.82. The highest BCUT2D eigenvalue weighted by atomic mass is 32.2. The zero-order valence-electron chi connectivity index (χ0n) is 9.39. The van der Waals surface area contributed by atoms with Gasteiger partial charge < -0.3 is 9.84 Å². The Morgan fingerprint density at radius 2 is 2.00 bits per heavy atom. The lowest BCUT2D eigenvalue weighted by Gasteiger charge is -2.11. The van der Waals surface area contributed by atoms with Crippen LogP contribution in [0.4, 0.5) is 5.69 Å². The molecule has 1 aromatic rings. The second kappa shape index (κ2) is 4.61. The fourth-order valence-electron chi connectivity index (χ4n) is 1.04. The minimum atomic E-state index is -3.39. The van der Waals surface area contributed by atoms with Gasteiger partial charge in [-0.1, -0.05) is 0 Å². The van der Waals surface area contributed by atoms with E-state index in [4.69, 9.17) is 4.74 Å². The van der Waals surface area contributed by atoms with E-state index in [1.165, 1.54) is 25.3 Å². The average Bonchev–Trinajstić information content (AvgIpc) is 2.17. The SMILES string of the molecule is COc1ccc(NS(=O)(=O)C(C)C)cc1O. The van der Waals surface area contributed by atoms with Gasteiger partial charge in [0, 0.05) is 6.07 Å². The van der Waals surface area contributed by atoms with Gasteiger partial charge in [-0.25, -0.2) is 8.42 Å². The Kier molecular flexibility index (Phi) is 3.64. The summed E-state index contributed by atoms with van der Waals surface area (Å²) in [4.78, 5) is 0. The summed E-state index contributed by atoms with van der Waals surface area (Å²) in [7, 11) is -1.97. The number of benzene rings is 1. The summed E-state index contributed by atoms with van der Waals surface area (Å²) in [5.74, 6) is 0.193. The van der Waals surface area contributed by atoms with Gasteiger partial charge in [0.1, 0.15) is 0 Å². The molecule has 16 heavy (non-hydrogen) atoms. The Labute approximate surface area is 95.1 Å². The molecule has 0 aromatic heterocycles. The highest BCUT2D eigenvalue weighted by Crippen LogP contribution is 2.29. The summed E-state index contributed by atoms with van der Waals surface area (Å²) in [6.07, 6.45) is 0. The summed E-state index contributed by atoms with van der Waals surface area (Å²) in [5, 5.41) is 8.94. The quantitative estimate of drug-likeness (QED) is 0.844. The number of aromatic hydroxyl groups is 1. The van der Waals surface area contributed by atoms with Crippen molar-refractivity contribution in [3.8, 4) is 11.5 Å². The Balaban J connectivity index is 2.96. The minimum absolute atomic E-state index is 0.105. The standard InChI is InChI=1S/C10H15NO4S/c1-7(2)16(13,14)11-8-4-5-10(15-3)9(12)6-8/h4-7,11-12H,1-3H3. The smallest absolute Gasteiger partial charge is 0.235 e. The Bertz CT molecular complexity index is 468. The van der Waals surface area contributed by atoms with E-state index in [1.807, 2.05) is 0 Å². The Morgan fingerprint density at radius 3 is 2.44 bits per heavy atom. The van der Waals surface area contributed by atoms with Gasteiger partial charge in [0.05, 0.1) is 18.0 Å². The van der Waals surface area contributed by atoms with E-state index in [2.05, 4.69) is 4.72 Å². The third-order valence-electron chi connectivity index (χ3n) is 2.06. The Hall–Kier alpha value is -1.43. The Morgan fingerprint density at radius 1 is 1.38 bits per heavy atom. The highest BCUT2D eigenvalue weighted by Gasteiger charge is 2.16. The fraction of sp³-hybridized carbons (Fsp3) is 0.400. The number of hydrogen-bond donors (Lipinski definition) is 2. The van der Waals surface area contributed by atoms with Crippen molar-refractivity contribution in [2.75, 3.05) is 11.8 Å². The first kappa shape index (κ1) is 12.6. The van der Waals surface area contributed by atoms with Gasteiger partial charge in [0.25, 0.3) is 0 Å². The molecule has 0 aliphatic rings. The van der Waals surface area contributed by atoms with Crippen LogP contribution >= 0.6 is 0 Å². The molecule has 0 aliphatic carbocycles. The molecular weight excluding hydrogens is 230 g/mol. The summed E-state index contributed by atoms with van der Waals surface area (Å²) < 4.78 is 30.3. The van der Waals surface area contributed by atoms with Gasteiger partial charge >= 0.3 is 0 Å². The van der Waals surface area contributed by atoms with Gasteiger partial charge in [0.2, 0.25) is 10.0 Å². The van der Waals surface area contributed by atoms with E-state index >= 15 is 0 Å². The molecule has 90 valence electrons. The van der Waals surface area contributed by atoms with E-state index in [9.17, 15) is 13.5 Å². The van der Waals surface area contributed by atoms with E-state index in [0.29, 0.717) is 11.4 Å². The van der Waals surface area contributed by atoms with Crippen LogP contribution in [-0.4, -0.2) is 25.9 Å². The van der Waals surface area contributed by atoms with Crippen LogP contribution in [0.3, 0.4) is 0 Å². The van der Waals surface area contributed by atoms with Gasteiger partial charge in [-0.05, 0) is 26.0 Å². The molecule has 0 saturated heterocycles. The first-order valence-electron chi connectivity index (χ1n) is 4.75. The van der Waals surface area contributed by atoms with E-state index in [0.717, 1.165) is 0 Å². The van der Waals surface area contributed by atoms with Gasteiger partial charge in [-0.2, -0.15) is 0 Å². The van der Waals surface area contributed by atoms with Crippen LogP contribution in [0.5, 0.6) is 11.5 Å². The molecule has 0 heterocycles. The van der Waals surface area contributed by atoms with Crippen LogP contribution in [0.1, 0.15) is 13.8 Å². The van der Waals surface area contributed by atoms with Crippen molar-refractivity contribution in [2.24, 2.45) is 0 Å². The highest BCUT2D eigenvalue weighted by molar-refractivity contribution is 7.93. The lowest BCUT2D eigenvalue weighted by molar-refractivity contribution is 0.373. The zero-order valence-corrected chi connectivity index (χ0v) is 10.2. The van der Waals surface area contributed by atoms with Crippen LogP contribution < -0.4 is 9.46 Å². The van der Waals surface area contributed by atoms with Crippen LogP contribution in [-0.2, 0) is 10.0 Å². The molecule has 1 rings (SSSR count). The van der Waals surface area contributed by atoms with Crippen LogP contribution in [0.25, 0.3) is 0 Å². The van der Waals surface area contributed by atoms with Gasteiger partial charge in [-0.3, -0.25) is 4.72 Å². The average molecular weight is 245 g/mol. The number of nitrogens with one attached hydrogen (secondary N) is 1. The lowest BCUT2D eigenvalue weighted by Crippen LogP contribution is -2.22. The third kappa shape index (κ3) is 2.79. The minimum Gasteiger partial charge on any atom is -0.504 e. The number of phenols is 1. The number of rotatable bonds is 4. The molecule has 0 fully saturated rings. The molecule has 0 atom stereocenters. The molecule has 0 unspecified atom stereocenters. The molecule has 6 heteroatoms. The van der Waals surface area contributed by atoms with Crippen molar-refractivity contribution in [3.63, 3.8) is 0 Å². The number of methoxy groups -OCH3 is 1. The first-order valence-corrected chi connectivity index (χ1v) is 6.30. The van der Waals surface area contributed by atoms with E-state index in [1.54, 1.807) is 13.8 Å². The van der Waals surface area contributed by atoms with Crippen molar-refractivity contribution >= 4 is 15.7 Å². The van der Waals surface area contributed by atoms with E-state index in [-0.39, 0.29) is 5.75 Å². The van der Waals surface area contributed by atoms with Crippen LogP contribution in [0.15, 0.2) is 18.2 Å². The maximum Gasteiger partial charge on any atom is 0.235 e. The molecule has 0 bridgehead atoms. The van der Waals surface area contributed by atoms with Gasteiger partial charge in [0.15, 0.2) is 11.5 Å². The number of sulfonamides is 1. The lowest BCUT2D eigenvalue weighted by atomic mass is 10.3. The second-order valence-corrected chi connectivity index (χ2v) is 5.82. The van der Waals surface area contributed by atoms with Crippen LogP contribution in [0.2, 0.25) is 0 Å². The maximum atomic E-state index is 11.5. The predicted molar refractivity (Wildman–Crippen MR) is 62.3 cm³/mol. The van der Waals surface area contributed by atoms with Crippen molar-refractivity contribution in [1.29, 1.82) is 0 Å². The first-order chi connectivity index (χ1) is 7.36. The second-order valence-electron chi connectivity index (χ2n) is 3.58. The largest absolute Gasteiger partial charge is 0.504 e. The number of phenolic OH excluding ortho intramolecular Hbond substituents is 1. The molecule has 0 saturated carbocycles. The van der Waals surface area contributed by atoms with E-state index < -0.39 is 15.3 Å². The topological polar surface area (TPSA) is 75.6 Å². The van der Waals surface area contributed by atoms with Crippen molar-refractivity contribution < 1.29 is 18.3 Å². The fourth-order valence-corrected chi connectivity index (χ4v) is 1.73. The summed E-state index contributed by atoms with van der Waals surface area (Å²) >= 11 is 0. The summed E-state index contributed by atoms with van der Waals surface area (Å²) in [6.45, 7) is 3.15. The number of hydrogen-bond acceptors (Lipinski definition) is 4. The van der Waals surface area contributed by atoms with Crippen molar-refractivity contribution in [3.05, 3.63) is 18.2 Å². The molecule has 0 radical (unpaired) electrons. The monoisotopic (exact) mass is 245 g/mol. The molecule has 0 spiro atoms. The molecule has 0 aliphatic heterocycles. The van der Waals surface area contributed by atoms with Gasteiger partial charge in [-0.15, -0.1) is 0 Å². The van der Waals surface area contributed by atoms with Crippen LogP contribution in [0, 0.1) is 0 Å². The number of ether oxygens (including phenoxy) is 1. The maximum absolute atomic E-state index is 11.5. The molecule has 2 N–H and O–H groups in total. The number of anilines is 1. The summed E-state index contributed by atoms with van der Waals surface area (Å²) in [6, 6.07) is 4.32. The normalized spacial score (nSPS) is 11.5. The zero-order chi connectivity index (χ0) is 12.3. The molecule has 0 amide bonds. The molecule has 1 aromatic carbocycles. The van der Waals surface area contributed by atoms with Crippen molar-refractivity contribution in [2.45, 2.75) is 19.1 Å². The molecular formula is C10H15NO4S. The summed E-state index contributed by atoms with van der Waals surface area (Å²) in [5.41, 5.74) is 0.312. The molecule has 5 nitrogen and oxygen atoms in total. The van der Waals surface area contributed by atoms with Crippen molar-refractivity contribution in [1.82, 2.24) is 0 Å².